The molecule has 0 aromatic rings. The standard InChI is InChI=1S/C17H34N2O11/c1-2-6(18)15(30-16-10(19)13(25)11(23)8(3-20)28-16)7(22)5-27-17-14(26)12(24)9(4-21)29-17/h6-17,20-26H,2-5,18-19H2,1H3/t6?,7-,8?,9-,10?,11-,12+,13-,14?,15-,16-,17-/m1/s1. The quantitative estimate of drug-likeness (QED) is 0.154. The van der Waals surface area contributed by atoms with Crippen molar-refractivity contribution in [1.29, 1.82) is 0 Å². The van der Waals surface area contributed by atoms with Crippen LogP contribution in [0, 0.1) is 0 Å². The number of ether oxygens (including phenoxy) is 4. The number of aliphatic hydroxyl groups is 7. The molecule has 0 aromatic heterocycles. The van der Waals surface area contributed by atoms with E-state index in [9.17, 15) is 30.6 Å². The Morgan fingerprint density at radius 2 is 1.43 bits per heavy atom. The lowest BCUT2D eigenvalue weighted by molar-refractivity contribution is -0.290. The van der Waals surface area contributed by atoms with Crippen molar-refractivity contribution in [2.45, 2.75) is 86.8 Å². The molecule has 2 aliphatic heterocycles. The highest BCUT2D eigenvalue weighted by molar-refractivity contribution is 4.93. The van der Waals surface area contributed by atoms with E-state index in [1.54, 1.807) is 6.92 Å². The van der Waals surface area contributed by atoms with E-state index < -0.39 is 93.3 Å². The second-order valence-corrected chi connectivity index (χ2v) is 7.56. The Balaban J connectivity index is 2.01. The molecule has 0 saturated carbocycles. The molecular weight excluding hydrogens is 408 g/mol. The first-order valence-corrected chi connectivity index (χ1v) is 9.87. The van der Waals surface area contributed by atoms with Gasteiger partial charge in [0.25, 0.3) is 0 Å². The molecule has 0 bridgehead atoms. The minimum Gasteiger partial charge on any atom is -0.394 e. The first-order chi connectivity index (χ1) is 14.2. The van der Waals surface area contributed by atoms with Crippen molar-refractivity contribution < 1.29 is 54.7 Å². The van der Waals surface area contributed by atoms with Crippen LogP contribution in [0.25, 0.3) is 0 Å². The van der Waals surface area contributed by atoms with Crippen LogP contribution in [0.4, 0.5) is 0 Å². The van der Waals surface area contributed by atoms with E-state index in [0.717, 1.165) is 0 Å². The van der Waals surface area contributed by atoms with Gasteiger partial charge in [0.05, 0.1) is 25.9 Å². The molecule has 2 aliphatic rings. The van der Waals surface area contributed by atoms with Gasteiger partial charge in [-0.05, 0) is 6.42 Å². The predicted molar refractivity (Wildman–Crippen MR) is 98.6 cm³/mol. The van der Waals surface area contributed by atoms with Crippen LogP contribution in [0.15, 0.2) is 0 Å². The van der Waals surface area contributed by atoms with Crippen LogP contribution in [0.1, 0.15) is 13.3 Å². The van der Waals surface area contributed by atoms with Gasteiger partial charge in [0, 0.05) is 6.04 Å². The molecular formula is C17H34N2O11. The molecule has 12 atom stereocenters. The maximum Gasteiger partial charge on any atom is 0.186 e. The molecule has 0 aromatic carbocycles. The van der Waals surface area contributed by atoms with E-state index in [0.29, 0.717) is 6.42 Å². The Hall–Kier alpha value is -0.520. The van der Waals surface area contributed by atoms with Crippen molar-refractivity contribution in [3.63, 3.8) is 0 Å². The normalized spacial score (nSPS) is 42.8. The van der Waals surface area contributed by atoms with Crippen molar-refractivity contribution in [3.05, 3.63) is 0 Å². The SMILES string of the molecule is CCC(N)[C@@H](O[C@H]1OC(CO)[C@@H](O)[C@H](O)C1N)[C@H](O)CO[C@@H]1O[C@H](CO)[C@H](O)C1O. The highest BCUT2D eigenvalue weighted by Crippen LogP contribution is 2.25. The highest BCUT2D eigenvalue weighted by atomic mass is 16.7. The number of hydrogen-bond acceptors (Lipinski definition) is 13. The van der Waals surface area contributed by atoms with Crippen LogP contribution in [0.5, 0.6) is 0 Å². The van der Waals surface area contributed by atoms with Crippen LogP contribution in [0.3, 0.4) is 0 Å². The third-order valence-corrected chi connectivity index (χ3v) is 5.42. The number of rotatable bonds is 10. The minimum atomic E-state index is -1.44. The minimum absolute atomic E-state index is 0.381. The summed E-state index contributed by atoms with van der Waals surface area (Å²) in [5.74, 6) is 0. The summed E-state index contributed by atoms with van der Waals surface area (Å²) in [5, 5.41) is 68.6. The Morgan fingerprint density at radius 1 is 0.900 bits per heavy atom. The molecule has 0 radical (unpaired) electrons. The fourth-order valence-corrected chi connectivity index (χ4v) is 3.38. The van der Waals surface area contributed by atoms with Crippen molar-refractivity contribution in [1.82, 2.24) is 0 Å². The summed E-state index contributed by atoms with van der Waals surface area (Å²) in [6.45, 7) is 0.218. The summed E-state index contributed by atoms with van der Waals surface area (Å²) in [7, 11) is 0. The highest BCUT2D eigenvalue weighted by Gasteiger charge is 2.46. The van der Waals surface area contributed by atoms with Gasteiger partial charge >= 0.3 is 0 Å². The summed E-state index contributed by atoms with van der Waals surface area (Å²) in [5.41, 5.74) is 11.9. The summed E-state index contributed by atoms with van der Waals surface area (Å²) < 4.78 is 21.6. The molecule has 30 heavy (non-hydrogen) atoms. The third kappa shape index (κ3) is 5.63. The number of hydrogen-bond donors (Lipinski definition) is 9. The predicted octanol–water partition coefficient (Wildman–Crippen LogP) is -5.31. The second kappa shape index (κ2) is 11.4. The van der Waals surface area contributed by atoms with Crippen molar-refractivity contribution in [2.24, 2.45) is 11.5 Å². The molecule has 2 heterocycles. The summed E-state index contributed by atoms with van der Waals surface area (Å²) in [6, 6.07) is -1.89. The van der Waals surface area contributed by atoms with Crippen LogP contribution in [-0.4, -0.2) is 129 Å². The van der Waals surface area contributed by atoms with E-state index in [2.05, 4.69) is 0 Å². The Morgan fingerprint density at radius 3 is 1.97 bits per heavy atom. The molecule has 13 heteroatoms. The molecule has 0 amide bonds. The first kappa shape index (κ1) is 25.7. The van der Waals surface area contributed by atoms with Gasteiger partial charge in [-0.3, -0.25) is 0 Å². The van der Waals surface area contributed by atoms with E-state index >= 15 is 0 Å². The lowest BCUT2D eigenvalue weighted by atomic mass is 9.97. The van der Waals surface area contributed by atoms with Gasteiger partial charge in [-0.1, -0.05) is 6.92 Å². The van der Waals surface area contributed by atoms with E-state index in [-0.39, 0.29) is 0 Å². The van der Waals surface area contributed by atoms with Crippen LogP contribution in [0.2, 0.25) is 0 Å². The maximum absolute atomic E-state index is 10.6. The van der Waals surface area contributed by atoms with E-state index in [4.69, 9.17) is 35.5 Å². The monoisotopic (exact) mass is 442 g/mol. The number of aliphatic hydroxyl groups excluding tert-OH is 7. The van der Waals surface area contributed by atoms with Gasteiger partial charge in [0.15, 0.2) is 12.6 Å². The lowest BCUT2D eigenvalue weighted by Gasteiger charge is -2.42. The Labute approximate surface area is 173 Å². The van der Waals surface area contributed by atoms with Crippen LogP contribution in [-0.2, 0) is 18.9 Å². The maximum atomic E-state index is 10.6. The molecule has 2 saturated heterocycles. The Kier molecular flexibility index (Phi) is 9.76. The fourth-order valence-electron chi connectivity index (χ4n) is 3.38. The van der Waals surface area contributed by atoms with Gasteiger partial charge in [-0.25, -0.2) is 0 Å². The molecule has 13 nitrogen and oxygen atoms in total. The van der Waals surface area contributed by atoms with Crippen molar-refractivity contribution in [2.75, 3.05) is 19.8 Å². The van der Waals surface area contributed by atoms with Gasteiger partial charge in [-0.15, -0.1) is 0 Å². The van der Waals surface area contributed by atoms with Gasteiger partial charge in [-0.2, -0.15) is 0 Å². The third-order valence-electron chi connectivity index (χ3n) is 5.42. The zero-order chi connectivity index (χ0) is 22.6. The van der Waals surface area contributed by atoms with E-state index in [1.165, 1.54) is 0 Å². The molecule has 0 spiro atoms. The largest absolute Gasteiger partial charge is 0.394 e. The fraction of sp³-hybridized carbons (Fsp3) is 1.00. The molecule has 2 rings (SSSR count). The first-order valence-electron chi connectivity index (χ1n) is 9.87. The lowest BCUT2D eigenvalue weighted by Crippen LogP contribution is -2.64. The molecule has 4 unspecified atom stereocenters. The van der Waals surface area contributed by atoms with Crippen molar-refractivity contribution in [3.8, 4) is 0 Å². The van der Waals surface area contributed by atoms with Gasteiger partial charge < -0.3 is 66.2 Å². The Bertz CT molecular complexity index is 516. The van der Waals surface area contributed by atoms with Gasteiger partial charge in [0.1, 0.15) is 48.8 Å². The second-order valence-electron chi connectivity index (χ2n) is 7.56. The zero-order valence-corrected chi connectivity index (χ0v) is 16.7. The summed E-state index contributed by atoms with van der Waals surface area (Å²) >= 11 is 0. The molecule has 11 N–H and O–H groups in total. The van der Waals surface area contributed by atoms with E-state index in [1.807, 2.05) is 0 Å². The number of nitrogens with two attached hydrogens (primary N) is 2. The molecule has 2 fully saturated rings. The smallest absolute Gasteiger partial charge is 0.186 e. The summed E-state index contributed by atoms with van der Waals surface area (Å²) in [4.78, 5) is 0. The molecule has 0 aliphatic carbocycles. The summed E-state index contributed by atoms with van der Waals surface area (Å²) in [6.07, 6.45) is -12.4. The zero-order valence-electron chi connectivity index (χ0n) is 16.7. The molecule has 178 valence electrons. The average Bonchev–Trinajstić information content (AvgIpc) is 3.02. The topological polar surface area (TPSA) is 231 Å². The van der Waals surface area contributed by atoms with Crippen LogP contribution < -0.4 is 11.5 Å². The van der Waals surface area contributed by atoms with Gasteiger partial charge in [0.2, 0.25) is 0 Å². The average molecular weight is 442 g/mol. The van der Waals surface area contributed by atoms with Crippen LogP contribution >= 0.6 is 0 Å². The van der Waals surface area contributed by atoms with Crippen molar-refractivity contribution >= 4 is 0 Å².